The van der Waals surface area contributed by atoms with Crippen molar-refractivity contribution in [2.45, 2.75) is 38.1 Å². The van der Waals surface area contributed by atoms with Gasteiger partial charge in [-0.2, -0.15) is 5.26 Å². The van der Waals surface area contributed by atoms with Crippen LogP contribution in [0, 0.1) is 16.7 Å². The molecule has 0 fully saturated rings. The Bertz CT molecular complexity index is 580. The molecule has 5 nitrogen and oxygen atoms in total. The summed E-state index contributed by atoms with van der Waals surface area (Å²) in [5.74, 6) is 0. The first-order valence-electron chi connectivity index (χ1n) is 6.34. The summed E-state index contributed by atoms with van der Waals surface area (Å²) in [7, 11) is -3.66. The zero-order valence-corrected chi connectivity index (χ0v) is 12.7. The number of aliphatic hydroxyl groups excluding tert-OH is 1. The minimum atomic E-state index is -3.66. The highest BCUT2D eigenvalue weighted by molar-refractivity contribution is 7.89. The molecule has 1 atom stereocenters. The lowest BCUT2D eigenvalue weighted by molar-refractivity contribution is 0.214. The van der Waals surface area contributed by atoms with Crippen LogP contribution in [0.15, 0.2) is 29.2 Å². The van der Waals surface area contributed by atoms with E-state index in [4.69, 9.17) is 10.4 Å². The predicted octanol–water partition coefficient (Wildman–Crippen LogP) is 1.63. The molecule has 1 unspecified atom stereocenters. The maximum Gasteiger partial charge on any atom is 0.240 e. The van der Waals surface area contributed by atoms with Crippen molar-refractivity contribution in [3.8, 4) is 6.07 Å². The van der Waals surface area contributed by atoms with E-state index in [1.807, 2.05) is 26.8 Å². The van der Waals surface area contributed by atoms with Crippen molar-refractivity contribution >= 4 is 10.0 Å². The van der Waals surface area contributed by atoms with Crippen molar-refractivity contribution in [2.75, 3.05) is 6.61 Å². The van der Waals surface area contributed by atoms with E-state index in [2.05, 4.69) is 4.72 Å². The SMILES string of the molecule is CC(C)(C)C(CCO)NS(=O)(=O)c1ccc(C#N)cc1. The highest BCUT2D eigenvalue weighted by Gasteiger charge is 2.29. The van der Waals surface area contributed by atoms with E-state index in [0.29, 0.717) is 12.0 Å². The third-order valence-corrected chi connectivity index (χ3v) is 4.54. The van der Waals surface area contributed by atoms with Gasteiger partial charge in [-0.15, -0.1) is 0 Å². The Kier molecular flexibility index (Phi) is 5.28. The lowest BCUT2D eigenvalue weighted by Crippen LogP contribution is -2.44. The van der Waals surface area contributed by atoms with Crippen molar-refractivity contribution in [1.29, 1.82) is 5.26 Å². The molecule has 0 saturated heterocycles. The van der Waals surface area contributed by atoms with Gasteiger partial charge in [0.25, 0.3) is 0 Å². The monoisotopic (exact) mass is 296 g/mol. The maximum atomic E-state index is 12.3. The summed E-state index contributed by atoms with van der Waals surface area (Å²) in [6.45, 7) is 5.65. The van der Waals surface area contributed by atoms with Gasteiger partial charge in [0.1, 0.15) is 0 Å². The fourth-order valence-electron chi connectivity index (χ4n) is 1.76. The van der Waals surface area contributed by atoms with Gasteiger partial charge in [0.05, 0.1) is 16.5 Å². The van der Waals surface area contributed by atoms with Crippen LogP contribution in [0.2, 0.25) is 0 Å². The van der Waals surface area contributed by atoms with E-state index in [-0.39, 0.29) is 23.0 Å². The molecule has 0 aliphatic heterocycles. The second kappa shape index (κ2) is 6.35. The van der Waals surface area contributed by atoms with Crippen LogP contribution in [-0.2, 0) is 10.0 Å². The number of aliphatic hydroxyl groups is 1. The van der Waals surface area contributed by atoms with Gasteiger partial charge in [-0.3, -0.25) is 0 Å². The molecule has 20 heavy (non-hydrogen) atoms. The number of benzene rings is 1. The molecular formula is C14H20N2O3S. The van der Waals surface area contributed by atoms with Gasteiger partial charge in [-0.25, -0.2) is 13.1 Å². The van der Waals surface area contributed by atoms with E-state index in [1.54, 1.807) is 0 Å². The van der Waals surface area contributed by atoms with E-state index < -0.39 is 10.0 Å². The predicted molar refractivity (Wildman–Crippen MR) is 76.4 cm³/mol. The molecule has 1 aromatic carbocycles. The van der Waals surface area contributed by atoms with Gasteiger partial charge >= 0.3 is 0 Å². The molecule has 2 N–H and O–H groups in total. The van der Waals surface area contributed by atoms with E-state index in [0.717, 1.165) is 0 Å². The molecule has 0 aromatic heterocycles. The quantitative estimate of drug-likeness (QED) is 0.864. The third-order valence-electron chi connectivity index (χ3n) is 3.05. The third kappa shape index (κ3) is 4.30. The summed E-state index contributed by atoms with van der Waals surface area (Å²) >= 11 is 0. The number of hydrogen-bond donors (Lipinski definition) is 2. The first kappa shape index (κ1) is 16.6. The van der Waals surface area contributed by atoms with Crippen LogP contribution in [-0.4, -0.2) is 26.2 Å². The summed E-state index contributed by atoms with van der Waals surface area (Å²) in [6, 6.07) is 7.31. The lowest BCUT2D eigenvalue weighted by atomic mass is 9.86. The van der Waals surface area contributed by atoms with E-state index in [1.165, 1.54) is 24.3 Å². The average molecular weight is 296 g/mol. The van der Waals surface area contributed by atoms with Gasteiger partial charge in [0.2, 0.25) is 10.0 Å². The van der Waals surface area contributed by atoms with Gasteiger partial charge < -0.3 is 5.11 Å². The minimum Gasteiger partial charge on any atom is -0.396 e. The zero-order chi connectivity index (χ0) is 15.4. The summed E-state index contributed by atoms with van der Waals surface area (Å²) in [4.78, 5) is 0.115. The standard InChI is InChI=1S/C14H20N2O3S/c1-14(2,3)13(8-9-17)16-20(18,19)12-6-4-11(10-15)5-7-12/h4-7,13,16-17H,8-9H2,1-3H3. The Hall–Kier alpha value is -1.42. The average Bonchev–Trinajstić information content (AvgIpc) is 2.37. The molecular weight excluding hydrogens is 276 g/mol. The van der Waals surface area contributed by atoms with Gasteiger partial charge in [-0.1, -0.05) is 20.8 Å². The van der Waals surface area contributed by atoms with Crippen LogP contribution in [0.4, 0.5) is 0 Å². The largest absolute Gasteiger partial charge is 0.396 e. The highest BCUT2D eigenvalue weighted by atomic mass is 32.2. The fourth-order valence-corrected chi connectivity index (χ4v) is 3.24. The van der Waals surface area contributed by atoms with Crippen LogP contribution in [0.3, 0.4) is 0 Å². The van der Waals surface area contributed by atoms with E-state index in [9.17, 15) is 8.42 Å². The molecule has 0 aliphatic rings. The number of nitrogens with one attached hydrogen (secondary N) is 1. The van der Waals surface area contributed by atoms with Gasteiger partial charge in [0.15, 0.2) is 0 Å². The molecule has 110 valence electrons. The summed E-state index contributed by atoms with van der Waals surface area (Å²) in [6.07, 6.45) is 0.346. The maximum absolute atomic E-state index is 12.3. The lowest BCUT2D eigenvalue weighted by Gasteiger charge is -2.30. The van der Waals surface area contributed by atoms with Crippen LogP contribution >= 0.6 is 0 Å². The molecule has 0 spiro atoms. The molecule has 0 saturated carbocycles. The first-order valence-corrected chi connectivity index (χ1v) is 7.82. The van der Waals surface area contributed by atoms with E-state index >= 15 is 0 Å². The van der Waals surface area contributed by atoms with Crippen LogP contribution in [0.1, 0.15) is 32.8 Å². The second-order valence-corrected chi connectivity index (χ2v) is 7.40. The Morgan fingerprint density at radius 3 is 2.25 bits per heavy atom. The number of nitriles is 1. The molecule has 0 radical (unpaired) electrons. The zero-order valence-electron chi connectivity index (χ0n) is 11.9. The molecule has 0 amide bonds. The molecule has 1 aromatic rings. The number of hydrogen-bond acceptors (Lipinski definition) is 4. The Balaban J connectivity index is 3.00. The van der Waals surface area contributed by atoms with Crippen LogP contribution in [0.5, 0.6) is 0 Å². The highest BCUT2D eigenvalue weighted by Crippen LogP contribution is 2.23. The summed E-state index contributed by atoms with van der Waals surface area (Å²) in [5.41, 5.74) is 0.106. The molecule has 0 heterocycles. The topological polar surface area (TPSA) is 90.2 Å². The Morgan fingerprint density at radius 2 is 1.85 bits per heavy atom. The minimum absolute atomic E-state index is 0.0855. The molecule has 0 aliphatic carbocycles. The van der Waals surface area contributed by atoms with Crippen molar-refractivity contribution in [2.24, 2.45) is 5.41 Å². The Labute approximate surface area is 120 Å². The van der Waals surface area contributed by atoms with Gasteiger partial charge in [0, 0.05) is 12.6 Å². The normalized spacial score (nSPS) is 13.8. The second-order valence-electron chi connectivity index (χ2n) is 5.69. The molecule has 6 heteroatoms. The van der Waals surface area contributed by atoms with Crippen molar-refractivity contribution < 1.29 is 13.5 Å². The van der Waals surface area contributed by atoms with Crippen LogP contribution < -0.4 is 4.72 Å². The summed E-state index contributed by atoms with van der Waals surface area (Å²) in [5, 5.41) is 17.8. The number of nitrogens with zero attached hydrogens (tertiary/aromatic N) is 1. The number of rotatable bonds is 5. The van der Waals surface area contributed by atoms with Crippen molar-refractivity contribution in [3.05, 3.63) is 29.8 Å². The molecule has 1 rings (SSSR count). The summed E-state index contributed by atoms with van der Waals surface area (Å²) < 4.78 is 27.2. The fraction of sp³-hybridized carbons (Fsp3) is 0.500. The van der Waals surface area contributed by atoms with Crippen LogP contribution in [0.25, 0.3) is 0 Å². The van der Waals surface area contributed by atoms with Crippen molar-refractivity contribution in [1.82, 2.24) is 4.72 Å². The molecule has 0 bridgehead atoms. The smallest absolute Gasteiger partial charge is 0.240 e. The Morgan fingerprint density at radius 1 is 1.30 bits per heavy atom. The van der Waals surface area contributed by atoms with Crippen molar-refractivity contribution in [3.63, 3.8) is 0 Å². The number of sulfonamides is 1. The first-order chi connectivity index (χ1) is 9.20. The van der Waals surface area contributed by atoms with Gasteiger partial charge in [-0.05, 0) is 36.1 Å².